The zero-order chi connectivity index (χ0) is 21.8. The first-order valence-corrected chi connectivity index (χ1v) is 10.9. The Morgan fingerprint density at radius 1 is 0.806 bits per heavy atom. The lowest BCUT2D eigenvalue weighted by Gasteiger charge is -2.19. The van der Waals surface area contributed by atoms with Crippen molar-refractivity contribution in [1.82, 2.24) is 0 Å². The van der Waals surface area contributed by atoms with E-state index in [9.17, 15) is 0 Å². The number of hydrogen-bond acceptors (Lipinski definition) is 1. The van der Waals surface area contributed by atoms with Gasteiger partial charge < -0.3 is 4.74 Å². The van der Waals surface area contributed by atoms with Crippen LogP contribution in [0.15, 0.2) is 91.0 Å². The van der Waals surface area contributed by atoms with Gasteiger partial charge in [0.15, 0.2) is 0 Å². The second-order valence-electron chi connectivity index (χ2n) is 8.72. The third-order valence-corrected chi connectivity index (χ3v) is 5.63. The minimum Gasteiger partial charge on any atom is -0.489 e. The Morgan fingerprint density at radius 2 is 1.52 bits per heavy atom. The molecule has 4 aromatic rings. The Hall–Kier alpha value is -3.03. The molecule has 0 N–H and O–H groups in total. The third kappa shape index (κ3) is 5.18. The molecule has 0 bridgehead atoms. The van der Waals surface area contributed by atoms with Gasteiger partial charge in [-0.25, -0.2) is 0 Å². The van der Waals surface area contributed by atoms with Crippen LogP contribution in [0.5, 0.6) is 5.75 Å². The van der Waals surface area contributed by atoms with Crippen molar-refractivity contribution in [3.63, 3.8) is 0 Å². The average molecular weight is 426 g/mol. The smallest absolute Gasteiger partial charge is 0.119 e. The van der Waals surface area contributed by atoms with Gasteiger partial charge in [-0.15, -0.1) is 0 Å². The molecule has 0 fully saturated rings. The molecule has 0 unspecified atom stereocenters. The Morgan fingerprint density at radius 3 is 2.16 bits per heavy atom. The molecule has 0 aromatic heterocycles. The molecule has 0 atom stereocenters. The van der Waals surface area contributed by atoms with Gasteiger partial charge in [0.2, 0.25) is 0 Å². The highest BCUT2D eigenvalue weighted by Crippen LogP contribution is 2.31. The molecule has 0 spiro atoms. The van der Waals surface area contributed by atoms with Crippen molar-refractivity contribution in [2.24, 2.45) is 0 Å². The molecule has 2 heteroatoms. The lowest BCUT2D eigenvalue weighted by atomic mass is 9.86. The Kier molecular flexibility index (Phi) is 6.15. The van der Waals surface area contributed by atoms with Crippen LogP contribution in [0.4, 0.5) is 0 Å². The molecule has 0 aliphatic heterocycles. The van der Waals surface area contributed by atoms with Gasteiger partial charge >= 0.3 is 0 Å². The molecule has 0 amide bonds. The number of halogens is 1. The molecule has 0 saturated carbocycles. The molecule has 4 aromatic carbocycles. The first kappa shape index (κ1) is 21.2. The number of benzene rings is 4. The normalized spacial score (nSPS) is 11.4. The molecule has 0 aliphatic rings. The van der Waals surface area contributed by atoms with Gasteiger partial charge in [-0.1, -0.05) is 99.1 Å². The Balaban J connectivity index is 1.53. The van der Waals surface area contributed by atoms with Crippen LogP contribution in [0.3, 0.4) is 0 Å². The van der Waals surface area contributed by atoms with Crippen LogP contribution in [0.25, 0.3) is 22.3 Å². The van der Waals surface area contributed by atoms with E-state index in [2.05, 4.69) is 75.4 Å². The quantitative estimate of drug-likeness (QED) is 0.312. The van der Waals surface area contributed by atoms with Crippen molar-refractivity contribution in [3.8, 4) is 28.0 Å². The van der Waals surface area contributed by atoms with Gasteiger partial charge in [0.05, 0.1) is 0 Å². The van der Waals surface area contributed by atoms with E-state index in [0.29, 0.717) is 11.6 Å². The molecule has 155 valence electrons. The van der Waals surface area contributed by atoms with Gasteiger partial charge in [-0.2, -0.15) is 0 Å². The fourth-order valence-electron chi connectivity index (χ4n) is 3.58. The summed E-state index contributed by atoms with van der Waals surface area (Å²) in [5.74, 6) is 0.827. The minimum atomic E-state index is 0.133. The predicted octanol–water partition coefficient (Wildman–Crippen LogP) is 8.35. The minimum absolute atomic E-state index is 0.133. The number of hydrogen-bond donors (Lipinski definition) is 0. The maximum absolute atomic E-state index is 6.30. The van der Waals surface area contributed by atoms with Gasteiger partial charge in [0.25, 0.3) is 0 Å². The number of rotatable bonds is 5. The second kappa shape index (κ2) is 8.99. The molecule has 0 aliphatic carbocycles. The van der Waals surface area contributed by atoms with E-state index in [-0.39, 0.29) is 5.41 Å². The van der Waals surface area contributed by atoms with Crippen molar-refractivity contribution in [2.45, 2.75) is 32.8 Å². The van der Waals surface area contributed by atoms with Crippen LogP contribution in [0.2, 0.25) is 5.02 Å². The predicted molar refractivity (Wildman–Crippen MR) is 131 cm³/mol. The van der Waals surface area contributed by atoms with Gasteiger partial charge in [-0.3, -0.25) is 0 Å². The highest BCUT2D eigenvalue weighted by Gasteiger charge is 2.14. The molecule has 4 rings (SSSR count). The summed E-state index contributed by atoms with van der Waals surface area (Å²) in [7, 11) is 0. The van der Waals surface area contributed by atoms with E-state index in [1.165, 1.54) is 11.1 Å². The zero-order valence-electron chi connectivity index (χ0n) is 18.2. The summed E-state index contributed by atoms with van der Waals surface area (Å²) in [5.41, 5.74) is 7.02. The molecule has 0 saturated heterocycles. The van der Waals surface area contributed by atoms with Crippen molar-refractivity contribution >= 4 is 11.6 Å². The van der Waals surface area contributed by atoms with E-state index in [1.807, 2.05) is 42.5 Å². The summed E-state index contributed by atoms with van der Waals surface area (Å²) in [4.78, 5) is 0. The molecule has 31 heavy (non-hydrogen) atoms. The summed E-state index contributed by atoms with van der Waals surface area (Å²) in [6.07, 6.45) is 0. The lowest BCUT2D eigenvalue weighted by Crippen LogP contribution is -2.10. The van der Waals surface area contributed by atoms with E-state index < -0.39 is 0 Å². The summed E-state index contributed by atoms with van der Waals surface area (Å²) in [5, 5.41) is 0.712. The van der Waals surface area contributed by atoms with Crippen LogP contribution >= 0.6 is 11.6 Å². The highest BCUT2D eigenvalue weighted by atomic mass is 35.5. The summed E-state index contributed by atoms with van der Waals surface area (Å²) < 4.78 is 6.11. The van der Waals surface area contributed by atoms with E-state index in [4.69, 9.17) is 16.3 Å². The molecular weight excluding hydrogens is 400 g/mol. The summed E-state index contributed by atoms with van der Waals surface area (Å²) >= 11 is 6.30. The van der Waals surface area contributed by atoms with E-state index >= 15 is 0 Å². The van der Waals surface area contributed by atoms with Crippen LogP contribution in [-0.2, 0) is 12.0 Å². The molecule has 1 radical (unpaired) electrons. The first-order valence-electron chi connectivity index (χ1n) is 10.5. The lowest BCUT2D eigenvalue weighted by molar-refractivity contribution is 0.307. The second-order valence-corrected chi connectivity index (χ2v) is 9.15. The van der Waals surface area contributed by atoms with E-state index in [1.54, 1.807) is 0 Å². The molecule has 0 heterocycles. The fourth-order valence-corrected chi connectivity index (χ4v) is 3.77. The maximum atomic E-state index is 6.30. The average Bonchev–Trinajstić information content (AvgIpc) is 2.78. The number of ether oxygens (including phenoxy) is 1. The summed E-state index contributed by atoms with van der Waals surface area (Å²) in [6, 6.07) is 34.1. The standard InChI is InChI=1S/C29H26ClO/c1-29(2,3)25-13-9-23(10-14-25)28-18-15-26(30)19-24(28)20-31-27-16-11-22(12-17-27)21-7-5-4-6-8-21/h4-7,9-19H,20H2,1-3H3. The summed E-state index contributed by atoms with van der Waals surface area (Å²) in [6.45, 7) is 7.13. The SMILES string of the molecule is CC(C)(C)c1ccc(-c2ccc(Cl)cc2COc2ccc(-c3[c]cccc3)cc2)cc1. The monoisotopic (exact) mass is 425 g/mol. The largest absolute Gasteiger partial charge is 0.489 e. The van der Waals surface area contributed by atoms with Gasteiger partial charge in [-0.05, 0) is 69.1 Å². The molecular formula is C29H26ClO. The highest BCUT2D eigenvalue weighted by molar-refractivity contribution is 6.30. The fraction of sp³-hybridized carbons (Fsp3) is 0.172. The maximum Gasteiger partial charge on any atom is 0.119 e. The van der Waals surface area contributed by atoms with Crippen LogP contribution in [-0.4, -0.2) is 0 Å². The van der Waals surface area contributed by atoms with Crippen molar-refractivity contribution in [3.05, 3.63) is 113 Å². The van der Waals surface area contributed by atoms with Crippen LogP contribution in [0, 0.1) is 6.07 Å². The van der Waals surface area contributed by atoms with Gasteiger partial charge in [0, 0.05) is 5.02 Å². The van der Waals surface area contributed by atoms with Crippen molar-refractivity contribution in [1.29, 1.82) is 0 Å². The molecule has 1 nitrogen and oxygen atoms in total. The first-order chi connectivity index (χ1) is 14.9. The Bertz CT molecular complexity index is 1140. The van der Waals surface area contributed by atoms with Gasteiger partial charge in [0.1, 0.15) is 12.4 Å². The Labute approximate surface area is 190 Å². The zero-order valence-corrected chi connectivity index (χ0v) is 18.9. The van der Waals surface area contributed by atoms with Crippen molar-refractivity contribution in [2.75, 3.05) is 0 Å². The van der Waals surface area contributed by atoms with E-state index in [0.717, 1.165) is 28.0 Å². The topological polar surface area (TPSA) is 9.23 Å². The third-order valence-electron chi connectivity index (χ3n) is 5.40. The van der Waals surface area contributed by atoms with Crippen LogP contribution < -0.4 is 4.74 Å². The van der Waals surface area contributed by atoms with Crippen LogP contribution in [0.1, 0.15) is 31.9 Å². The van der Waals surface area contributed by atoms with Crippen molar-refractivity contribution < 1.29 is 4.74 Å².